The van der Waals surface area contributed by atoms with Gasteiger partial charge in [0.2, 0.25) is 5.91 Å². The van der Waals surface area contributed by atoms with Crippen molar-refractivity contribution in [2.75, 3.05) is 6.54 Å². The Morgan fingerprint density at radius 2 is 2.06 bits per heavy atom. The molecule has 1 aromatic carbocycles. The number of carbonyl (C=O) groups excluding carboxylic acids is 1. The van der Waals surface area contributed by atoms with Gasteiger partial charge in [-0.15, -0.1) is 0 Å². The van der Waals surface area contributed by atoms with Gasteiger partial charge in [0.1, 0.15) is 5.41 Å². The topological polar surface area (TPSA) is 46.3 Å². The summed E-state index contributed by atoms with van der Waals surface area (Å²) in [6, 6.07) is 10.1. The van der Waals surface area contributed by atoms with Crippen LogP contribution in [0.5, 0.6) is 0 Å². The van der Waals surface area contributed by atoms with Crippen molar-refractivity contribution in [1.29, 1.82) is 0 Å². The van der Waals surface area contributed by atoms with Crippen molar-refractivity contribution >= 4 is 5.91 Å². The average molecular weight is 242 g/mol. The highest BCUT2D eigenvalue weighted by Crippen LogP contribution is 2.41. The van der Waals surface area contributed by atoms with Crippen LogP contribution in [0.4, 0.5) is 0 Å². The molecule has 18 heavy (non-hydrogen) atoms. The summed E-state index contributed by atoms with van der Waals surface area (Å²) in [7, 11) is 0. The second kappa shape index (κ2) is 4.16. The summed E-state index contributed by atoms with van der Waals surface area (Å²) in [6.45, 7) is 1.03. The fraction of sp³-hybridized carbons (Fsp3) is 0.400. The Bertz CT molecular complexity index is 483. The van der Waals surface area contributed by atoms with Crippen LogP contribution in [0.2, 0.25) is 0 Å². The van der Waals surface area contributed by atoms with Gasteiger partial charge in [-0.05, 0) is 37.1 Å². The fourth-order valence-corrected chi connectivity index (χ4v) is 3.34. The SMILES string of the molecule is NC(=O)C1(c2ccccc2)C=CN2CCCCC21. The molecule has 2 heterocycles. The van der Waals surface area contributed by atoms with Crippen LogP contribution >= 0.6 is 0 Å². The Hall–Kier alpha value is -1.77. The zero-order chi connectivity index (χ0) is 12.6. The second-order valence-electron chi connectivity index (χ2n) is 5.16. The summed E-state index contributed by atoms with van der Waals surface area (Å²) in [6.07, 6.45) is 7.46. The van der Waals surface area contributed by atoms with E-state index in [4.69, 9.17) is 5.73 Å². The van der Waals surface area contributed by atoms with Crippen LogP contribution in [-0.2, 0) is 10.2 Å². The lowest BCUT2D eigenvalue weighted by Crippen LogP contribution is -2.52. The van der Waals surface area contributed by atoms with Crippen molar-refractivity contribution in [2.45, 2.75) is 30.7 Å². The lowest BCUT2D eigenvalue weighted by Gasteiger charge is -2.40. The molecule has 0 aromatic heterocycles. The molecule has 3 rings (SSSR count). The molecule has 0 radical (unpaired) electrons. The summed E-state index contributed by atoms with van der Waals surface area (Å²) in [5, 5.41) is 0. The summed E-state index contributed by atoms with van der Waals surface area (Å²) >= 11 is 0. The number of nitrogens with two attached hydrogens (primary N) is 1. The Labute approximate surface area is 107 Å². The zero-order valence-electron chi connectivity index (χ0n) is 10.4. The largest absolute Gasteiger partial charge is 0.373 e. The van der Waals surface area contributed by atoms with Gasteiger partial charge in [-0.1, -0.05) is 30.3 Å². The Morgan fingerprint density at radius 3 is 2.78 bits per heavy atom. The summed E-state index contributed by atoms with van der Waals surface area (Å²) in [5.74, 6) is -0.237. The van der Waals surface area contributed by atoms with Crippen LogP contribution in [0, 0.1) is 0 Å². The molecule has 0 aliphatic carbocycles. The highest BCUT2D eigenvalue weighted by Gasteiger charge is 2.49. The molecule has 1 amide bonds. The normalized spacial score (nSPS) is 30.2. The van der Waals surface area contributed by atoms with Crippen LogP contribution < -0.4 is 5.73 Å². The Kier molecular flexibility index (Phi) is 2.62. The van der Waals surface area contributed by atoms with E-state index in [1.165, 1.54) is 12.8 Å². The van der Waals surface area contributed by atoms with Gasteiger partial charge in [0, 0.05) is 6.54 Å². The van der Waals surface area contributed by atoms with Gasteiger partial charge < -0.3 is 10.6 Å². The monoisotopic (exact) mass is 242 g/mol. The number of fused-ring (bicyclic) bond motifs is 1. The van der Waals surface area contributed by atoms with Crippen molar-refractivity contribution in [1.82, 2.24) is 4.90 Å². The molecule has 94 valence electrons. The van der Waals surface area contributed by atoms with Gasteiger partial charge in [-0.3, -0.25) is 4.79 Å². The number of hydrogen-bond donors (Lipinski definition) is 1. The van der Waals surface area contributed by atoms with Crippen LogP contribution in [0.25, 0.3) is 0 Å². The molecule has 2 unspecified atom stereocenters. The first-order valence-electron chi connectivity index (χ1n) is 6.56. The maximum Gasteiger partial charge on any atom is 0.234 e. The molecule has 3 nitrogen and oxygen atoms in total. The highest BCUT2D eigenvalue weighted by atomic mass is 16.1. The number of carbonyl (C=O) groups is 1. The Balaban J connectivity index is 2.08. The quantitative estimate of drug-likeness (QED) is 0.859. The van der Waals surface area contributed by atoms with Gasteiger partial charge >= 0.3 is 0 Å². The van der Waals surface area contributed by atoms with Crippen molar-refractivity contribution in [2.24, 2.45) is 5.73 Å². The van der Waals surface area contributed by atoms with E-state index in [1.54, 1.807) is 0 Å². The molecule has 2 aliphatic rings. The lowest BCUT2D eigenvalue weighted by molar-refractivity contribution is -0.123. The van der Waals surface area contributed by atoms with E-state index in [1.807, 2.05) is 36.4 Å². The minimum atomic E-state index is -0.637. The number of piperidine rings is 1. The summed E-state index contributed by atoms with van der Waals surface area (Å²) in [5.41, 5.74) is 6.13. The highest BCUT2D eigenvalue weighted by molar-refractivity contribution is 5.90. The fourth-order valence-electron chi connectivity index (χ4n) is 3.34. The van der Waals surface area contributed by atoms with Gasteiger partial charge in [0.15, 0.2) is 0 Å². The maximum absolute atomic E-state index is 12.1. The maximum atomic E-state index is 12.1. The van der Waals surface area contributed by atoms with E-state index in [9.17, 15) is 4.79 Å². The third-order valence-electron chi connectivity index (χ3n) is 4.26. The number of benzene rings is 1. The molecule has 3 heteroatoms. The van der Waals surface area contributed by atoms with Crippen LogP contribution in [0.1, 0.15) is 24.8 Å². The number of primary amides is 1. The van der Waals surface area contributed by atoms with E-state index in [0.29, 0.717) is 0 Å². The number of nitrogens with zero attached hydrogens (tertiary/aromatic N) is 1. The molecule has 0 spiro atoms. The third-order valence-corrected chi connectivity index (χ3v) is 4.26. The van der Waals surface area contributed by atoms with Crippen LogP contribution in [0.3, 0.4) is 0 Å². The van der Waals surface area contributed by atoms with Crippen molar-refractivity contribution in [3.63, 3.8) is 0 Å². The molecule has 2 N–H and O–H groups in total. The van der Waals surface area contributed by atoms with Crippen molar-refractivity contribution in [3.8, 4) is 0 Å². The first-order valence-corrected chi connectivity index (χ1v) is 6.56. The number of amides is 1. The third kappa shape index (κ3) is 1.47. The average Bonchev–Trinajstić information content (AvgIpc) is 2.80. The van der Waals surface area contributed by atoms with Gasteiger partial charge in [0.25, 0.3) is 0 Å². The van der Waals surface area contributed by atoms with Crippen molar-refractivity contribution in [3.05, 3.63) is 48.2 Å². The predicted molar refractivity (Wildman–Crippen MR) is 70.8 cm³/mol. The standard InChI is InChI=1S/C15H18N2O/c16-14(18)15(12-6-2-1-3-7-12)9-11-17-10-5-4-8-13(15)17/h1-3,6-7,9,11,13H,4-5,8,10H2,(H2,16,18). The van der Waals surface area contributed by atoms with Crippen LogP contribution in [0.15, 0.2) is 42.6 Å². The molecular formula is C15H18N2O. The van der Waals surface area contributed by atoms with Crippen molar-refractivity contribution < 1.29 is 4.79 Å². The van der Waals surface area contributed by atoms with E-state index >= 15 is 0 Å². The number of rotatable bonds is 2. The predicted octanol–water partition coefficient (Wildman–Crippen LogP) is 1.79. The molecule has 1 saturated heterocycles. The smallest absolute Gasteiger partial charge is 0.234 e. The molecular weight excluding hydrogens is 224 g/mol. The second-order valence-corrected chi connectivity index (χ2v) is 5.16. The molecule has 2 atom stereocenters. The first-order chi connectivity index (χ1) is 8.75. The molecule has 1 fully saturated rings. The zero-order valence-corrected chi connectivity index (χ0v) is 10.4. The number of hydrogen-bond acceptors (Lipinski definition) is 2. The molecule has 0 saturated carbocycles. The Morgan fingerprint density at radius 1 is 1.28 bits per heavy atom. The van der Waals surface area contributed by atoms with Gasteiger partial charge in [-0.25, -0.2) is 0 Å². The minimum Gasteiger partial charge on any atom is -0.373 e. The van der Waals surface area contributed by atoms with E-state index in [-0.39, 0.29) is 11.9 Å². The van der Waals surface area contributed by atoms with Gasteiger partial charge in [-0.2, -0.15) is 0 Å². The molecule has 0 bridgehead atoms. The lowest BCUT2D eigenvalue weighted by atomic mass is 9.72. The van der Waals surface area contributed by atoms with E-state index in [2.05, 4.69) is 11.1 Å². The molecule has 1 aromatic rings. The van der Waals surface area contributed by atoms with E-state index < -0.39 is 5.41 Å². The van der Waals surface area contributed by atoms with Gasteiger partial charge in [0.05, 0.1) is 6.04 Å². The minimum absolute atomic E-state index is 0.200. The summed E-state index contributed by atoms with van der Waals surface area (Å²) < 4.78 is 0. The first kappa shape index (κ1) is 11.3. The van der Waals surface area contributed by atoms with Crippen LogP contribution in [-0.4, -0.2) is 23.4 Å². The molecule has 2 aliphatic heterocycles. The van der Waals surface area contributed by atoms with E-state index in [0.717, 1.165) is 18.5 Å². The summed E-state index contributed by atoms with van der Waals surface area (Å²) in [4.78, 5) is 14.4.